The van der Waals surface area contributed by atoms with Gasteiger partial charge in [0.15, 0.2) is 0 Å². The summed E-state index contributed by atoms with van der Waals surface area (Å²) in [6.07, 6.45) is 0.778. The Labute approximate surface area is 116 Å². The van der Waals surface area contributed by atoms with Crippen LogP contribution < -0.4 is 11.1 Å². The second-order valence-electron chi connectivity index (χ2n) is 5.01. The molecular formula is C13H28N2O4. The Kier molecular flexibility index (Phi) is 9.77. The summed E-state index contributed by atoms with van der Waals surface area (Å²) in [5.41, 5.74) is 4.57. The summed E-state index contributed by atoms with van der Waals surface area (Å²) in [6, 6.07) is 0.165. The Morgan fingerprint density at radius 2 is 1.84 bits per heavy atom. The summed E-state index contributed by atoms with van der Waals surface area (Å²) < 4.78 is 15.7. The van der Waals surface area contributed by atoms with E-state index in [-0.39, 0.29) is 12.6 Å². The third-order valence-corrected chi connectivity index (χ3v) is 2.55. The Morgan fingerprint density at radius 3 is 2.37 bits per heavy atom. The highest BCUT2D eigenvalue weighted by molar-refractivity contribution is 5.84. The zero-order valence-corrected chi connectivity index (χ0v) is 12.5. The second-order valence-corrected chi connectivity index (χ2v) is 5.01. The van der Waals surface area contributed by atoms with Crippen molar-refractivity contribution in [2.45, 2.75) is 38.8 Å². The Balaban J connectivity index is 3.74. The van der Waals surface area contributed by atoms with Crippen LogP contribution in [0.15, 0.2) is 0 Å². The van der Waals surface area contributed by atoms with Crippen molar-refractivity contribution in [1.29, 1.82) is 0 Å². The number of nitrogens with one attached hydrogen (secondary N) is 1. The largest absolute Gasteiger partial charge is 0.382 e. The molecule has 0 aliphatic rings. The number of hydrogen-bond donors (Lipinski definition) is 2. The van der Waals surface area contributed by atoms with E-state index in [9.17, 15) is 4.79 Å². The van der Waals surface area contributed by atoms with Crippen molar-refractivity contribution in [2.75, 3.05) is 40.1 Å². The first-order valence-electron chi connectivity index (χ1n) is 6.64. The molecule has 0 spiro atoms. The predicted octanol–water partition coefficient (Wildman–Crippen LogP) is 0.298. The van der Waals surface area contributed by atoms with Crippen LogP contribution in [0, 0.1) is 0 Å². The molecule has 3 N–H and O–H groups in total. The van der Waals surface area contributed by atoms with Crippen molar-refractivity contribution in [1.82, 2.24) is 5.32 Å². The number of carbonyl (C=O) groups is 1. The van der Waals surface area contributed by atoms with Gasteiger partial charge in [-0.3, -0.25) is 10.1 Å². The molecule has 0 saturated carbocycles. The first-order valence-corrected chi connectivity index (χ1v) is 6.64. The van der Waals surface area contributed by atoms with Crippen LogP contribution >= 0.6 is 0 Å². The molecule has 0 saturated heterocycles. The summed E-state index contributed by atoms with van der Waals surface area (Å²) in [6.45, 7) is 8.28. The molecule has 1 unspecified atom stereocenters. The van der Waals surface area contributed by atoms with Gasteiger partial charge in [0, 0.05) is 26.4 Å². The van der Waals surface area contributed by atoms with Crippen molar-refractivity contribution in [3.63, 3.8) is 0 Å². The lowest BCUT2D eigenvalue weighted by atomic mass is 10.0. The quantitative estimate of drug-likeness (QED) is 0.501. The van der Waals surface area contributed by atoms with Crippen LogP contribution in [0.3, 0.4) is 0 Å². The lowest BCUT2D eigenvalue weighted by Gasteiger charge is -2.29. The van der Waals surface area contributed by atoms with E-state index in [2.05, 4.69) is 5.32 Å². The number of ether oxygens (including phenoxy) is 3. The van der Waals surface area contributed by atoms with Crippen molar-refractivity contribution < 1.29 is 19.0 Å². The van der Waals surface area contributed by atoms with E-state index >= 15 is 0 Å². The van der Waals surface area contributed by atoms with E-state index in [1.807, 2.05) is 13.8 Å². The molecule has 0 fully saturated rings. The minimum Gasteiger partial charge on any atom is -0.382 e. The van der Waals surface area contributed by atoms with Gasteiger partial charge in [0.1, 0.15) is 5.54 Å². The number of rotatable bonds is 12. The van der Waals surface area contributed by atoms with E-state index in [4.69, 9.17) is 19.9 Å². The average molecular weight is 276 g/mol. The average Bonchev–Trinajstić information content (AvgIpc) is 2.31. The van der Waals surface area contributed by atoms with Gasteiger partial charge in [-0.1, -0.05) is 0 Å². The highest BCUT2D eigenvalue weighted by atomic mass is 16.5. The maximum Gasteiger partial charge on any atom is 0.239 e. The minimum absolute atomic E-state index is 0.165. The number of nitrogens with two attached hydrogens (primary N) is 1. The summed E-state index contributed by atoms with van der Waals surface area (Å²) in [4.78, 5) is 11.4. The summed E-state index contributed by atoms with van der Waals surface area (Å²) >= 11 is 0. The maximum atomic E-state index is 11.4. The highest BCUT2D eigenvalue weighted by Gasteiger charge is 2.31. The van der Waals surface area contributed by atoms with E-state index in [1.54, 1.807) is 14.0 Å². The van der Waals surface area contributed by atoms with Crippen molar-refractivity contribution in [2.24, 2.45) is 5.73 Å². The Bertz CT molecular complexity index is 249. The first kappa shape index (κ1) is 18.3. The predicted molar refractivity (Wildman–Crippen MR) is 74.0 cm³/mol. The molecule has 1 amide bonds. The monoisotopic (exact) mass is 276 g/mol. The van der Waals surface area contributed by atoms with Crippen LogP contribution in [-0.2, 0) is 19.0 Å². The normalized spacial score (nSPS) is 14.6. The molecule has 114 valence electrons. The molecule has 0 rings (SSSR count). The molecule has 0 aromatic rings. The van der Waals surface area contributed by atoms with Crippen LogP contribution in [0.5, 0.6) is 0 Å². The topological polar surface area (TPSA) is 82.8 Å². The smallest absolute Gasteiger partial charge is 0.239 e. The number of methoxy groups -OCH3 is 1. The fourth-order valence-electron chi connectivity index (χ4n) is 1.60. The van der Waals surface area contributed by atoms with Crippen LogP contribution in [0.1, 0.15) is 27.2 Å². The van der Waals surface area contributed by atoms with Gasteiger partial charge in [-0.25, -0.2) is 0 Å². The van der Waals surface area contributed by atoms with E-state index in [1.165, 1.54) is 0 Å². The Hall–Kier alpha value is -0.690. The molecule has 0 aliphatic heterocycles. The molecule has 0 aromatic heterocycles. The number of primary amides is 1. The van der Waals surface area contributed by atoms with E-state index < -0.39 is 11.4 Å². The standard InChI is InChI=1S/C13H28N2O4/c1-11(2)15-13(3,12(14)16)10-19-7-5-6-18-9-8-17-4/h11,15H,5-10H2,1-4H3,(H2,14,16). The molecular weight excluding hydrogens is 248 g/mol. The van der Waals surface area contributed by atoms with E-state index in [0.717, 1.165) is 6.42 Å². The van der Waals surface area contributed by atoms with Crippen molar-refractivity contribution in [3.05, 3.63) is 0 Å². The van der Waals surface area contributed by atoms with Crippen molar-refractivity contribution >= 4 is 5.91 Å². The van der Waals surface area contributed by atoms with Gasteiger partial charge >= 0.3 is 0 Å². The van der Waals surface area contributed by atoms with Gasteiger partial charge in [0.25, 0.3) is 0 Å². The lowest BCUT2D eigenvalue weighted by molar-refractivity contribution is -0.126. The van der Waals surface area contributed by atoms with Gasteiger partial charge in [-0.15, -0.1) is 0 Å². The molecule has 6 heteroatoms. The molecule has 0 aliphatic carbocycles. The number of amides is 1. The minimum atomic E-state index is -0.828. The van der Waals surface area contributed by atoms with Crippen molar-refractivity contribution in [3.8, 4) is 0 Å². The van der Waals surface area contributed by atoms with E-state index in [0.29, 0.717) is 26.4 Å². The highest BCUT2D eigenvalue weighted by Crippen LogP contribution is 2.06. The Morgan fingerprint density at radius 1 is 1.21 bits per heavy atom. The summed E-state index contributed by atoms with van der Waals surface area (Å²) in [7, 11) is 1.64. The zero-order chi connectivity index (χ0) is 14.7. The van der Waals surface area contributed by atoms with Gasteiger partial charge < -0.3 is 19.9 Å². The van der Waals surface area contributed by atoms with Gasteiger partial charge in [-0.05, 0) is 27.2 Å². The van der Waals surface area contributed by atoms with Gasteiger partial charge in [-0.2, -0.15) is 0 Å². The molecule has 19 heavy (non-hydrogen) atoms. The summed E-state index contributed by atoms with van der Waals surface area (Å²) in [5.74, 6) is -0.405. The van der Waals surface area contributed by atoms with Crippen LogP contribution in [0.25, 0.3) is 0 Å². The lowest BCUT2D eigenvalue weighted by Crippen LogP contribution is -2.58. The zero-order valence-electron chi connectivity index (χ0n) is 12.5. The number of carbonyl (C=O) groups excluding carboxylic acids is 1. The fraction of sp³-hybridized carbons (Fsp3) is 0.923. The van der Waals surface area contributed by atoms with Crippen LogP contribution in [0.4, 0.5) is 0 Å². The molecule has 0 bridgehead atoms. The second kappa shape index (κ2) is 10.1. The molecule has 1 atom stereocenters. The molecule has 0 aromatic carbocycles. The van der Waals surface area contributed by atoms with Gasteiger partial charge in [0.05, 0.1) is 19.8 Å². The first-order chi connectivity index (χ1) is 8.92. The molecule has 0 heterocycles. The molecule has 6 nitrogen and oxygen atoms in total. The fourth-order valence-corrected chi connectivity index (χ4v) is 1.60. The van der Waals surface area contributed by atoms with Gasteiger partial charge in [0.2, 0.25) is 5.91 Å². The maximum absolute atomic E-state index is 11.4. The number of hydrogen-bond acceptors (Lipinski definition) is 5. The van der Waals surface area contributed by atoms with Crippen LogP contribution in [0.2, 0.25) is 0 Å². The SMILES string of the molecule is COCCOCCCOCC(C)(NC(C)C)C(N)=O. The third kappa shape index (κ3) is 8.93. The summed E-state index contributed by atoms with van der Waals surface area (Å²) in [5, 5.41) is 3.13. The third-order valence-electron chi connectivity index (χ3n) is 2.55. The van der Waals surface area contributed by atoms with Crippen LogP contribution in [-0.4, -0.2) is 57.6 Å². The molecule has 0 radical (unpaired) electrons.